The molecule has 1 aliphatic carbocycles. The summed E-state index contributed by atoms with van der Waals surface area (Å²) in [7, 11) is 0. The van der Waals surface area contributed by atoms with Crippen LogP contribution >= 0.6 is 0 Å². The minimum absolute atomic E-state index is 0.170. The summed E-state index contributed by atoms with van der Waals surface area (Å²) in [6.07, 6.45) is 3.02. The predicted octanol–water partition coefficient (Wildman–Crippen LogP) is 1.59. The lowest BCUT2D eigenvalue weighted by Gasteiger charge is -2.02. The topological polar surface area (TPSA) is 40.5 Å². The molecule has 0 saturated heterocycles. The number of aryl methyl sites for hydroxylation is 1. The molecule has 2 N–H and O–H groups in total. The number of hydrogen-bond acceptors (Lipinski definition) is 2. The van der Waals surface area contributed by atoms with Crippen LogP contribution in [0.2, 0.25) is 0 Å². The molecule has 0 fully saturated rings. The van der Waals surface area contributed by atoms with Gasteiger partial charge in [0.05, 0.1) is 0 Å². The molecule has 0 unspecified atom stereocenters. The van der Waals surface area contributed by atoms with Gasteiger partial charge in [-0.05, 0) is 36.5 Å². The number of phenolic OH excluding ortho intramolecular Hbond substituents is 2. The van der Waals surface area contributed by atoms with Crippen molar-refractivity contribution in [2.24, 2.45) is 0 Å². The van der Waals surface area contributed by atoms with Gasteiger partial charge >= 0.3 is 0 Å². The van der Waals surface area contributed by atoms with Crippen LogP contribution < -0.4 is 0 Å². The van der Waals surface area contributed by atoms with E-state index in [4.69, 9.17) is 5.11 Å². The van der Waals surface area contributed by atoms with Gasteiger partial charge < -0.3 is 10.2 Å². The summed E-state index contributed by atoms with van der Waals surface area (Å²) in [6.45, 7) is 0. The molecule has 0 bridgehead atoms. The summed E-state index contributed by atoms with van der Waals surface area (Å²) < 4.78 is 0. The van der Waals surface area contributed by atoms with Gasteiger partial charge in [0.1, 0.15) is 11.5 Å². The van der Waals surface area contributed by atoms with E-state index in [0.29, 0.717) is 0 Å². The molecule has 2 rings (SSSR count). The van der Waals surface area contributed by atoms with Gasteiger partial charge in [0.15, 0.2) is 0 Å². The van der Waals surface area contributed by atoms with E-state index in [-0.39, 0.29) is 11.5 Å². The lowest BCUT2D eigenvalue weighted by Crippen LogP contribution is -1.81. The minimum Gasteiger partial charge on any atom is -0.508 e. The molecule has 0 spiro atoms. The Balaban J connectivity index is 2.60. The number of phenols is 2. The molecule has 2 nitrogen and oxygen atoms in total. The Hall–Kier alpha value is -1.18. The number of benzene rings is 1. The number of rotatable bonds is 0. The van der Waals surface area contributed by atoms with Crippen LogP contribution in [-0.2, 0) is 12.8 Å². The van der Waals surface area contributed by atoms with Crippen LogP contribution in [0.1, 0.15) is 17.5 Å². The normalized spacial score (nSPS) is 14.9. The standard InChI is InChI=1S/C9H10O2/c10-7-4-6-2-1-3-8(6)9(11)5-7/h4-5,10-11H,1-3H2. The first-order valence-electron chi connectivity index (χ1n) is 3.81. The zero-order chi connectivity index (χ0) is 7.84. The first kappa shape index (κ1) is 6.53. The molecule has 0 heterocycles. The summed E-state index contributed by atoms with van der Waals surface area (Å²) in [5.41, 5.74) is 2.12. The fourth-order valence-corrected chi connectivity index (χ4v) is 1.67. The average molecular weight is 150 g/mol. The van der Waals surface area contributed by atoms with Crippen molar-refractivity contribution in [1.29, 1.82) is 0 Å². The SMILES string of the molecule is Oc1cc(O)c2c(c1)CCC2. The summed E-state index contributed by atoms with van der Waals surface area (Å²) >= 11 is 0. The van der Waals surface area contributed by atoms with Gasteiger partial charge in [-0.2, -0.15) is 0 Å². The average Bonchev–Trinajstić information content (AvgIpc) is 2.34. The third-order valence-corrected chi connectivity index (χ3v) is 2.18. The molecule has 0 radical (unpaired) electrons. The third-order valence-electron chi connectivity index (χ3n) is 2.18. The first-order chi connectivity index (χ1) is 5.27. The second kappa shape index (κ2) is 2.16. The summed E-state index contributed by atoms with van der Waals surface area (Å²) in [4.78, 5) is 0. The highest BCUT2D eigenvalue weighted by Crippen LogP contribution is 2.33. The molecule has 0 atom stereocenters. The van der Waals surface area contributed by atoms with Crippen molar-refractivity contribution in [3.63, 3.8) is 0 Å². The smallest absolute Gasteiger partial charge is 0.122 e. The lowest BCUT2D eigenvalue weighted by molar-refractivity contribution is 0.446. The van der Waals surface area contributed by atoms with Gasteiger partial charge in [0.2, 0.25) is 0 Å². The fraction of sp³-hybridized carbons (Fsp3) is 0.333. The lowest BCUT2D eigenvalue weighted by atomic mass is 10.1. The molecule has 1 aromatic rings. The molecule has 2 heteroatoms. The van der Waals surface area contributed by atoms with Gasteiger partial charge in [-0.15, -0.1) is 0 Å². The van der Waals surface area contributed by atoms with Crippen LogP contribution in [-0.4, -0.2) is 10.2 Å². The Kier molecular flexibility index (Phi) is 1.28. The molecule has 58 valence electrons. The monoisotopic (exact) mass is 150 g/mol. The molecular weight excluding hydrogens is 140 g/mol. The van der Waals surface area contributed by atoms with E-state index in [9.17, 15) is 5.11 Å². The van der Waals surface area contributed by atoms with E-state index in [0.717, 1.165) is 30.4 Å². The second-order valence-corrected chi connectivity index (χ2v) is 2.96. The highest BCUT2D eigenvalue weighted by atomic mass is 16.3. The maximum Gasteiger partial charge on any atom is 0.122 e. The van der Waals surface area contributed by atoms with E-state index in [1.165, 1.54) is 6.07 Å². The largest absolute Gasteiger partial charge is 0.508 e. The van der Waals surface area contributed by atoms with E-state index < -0.39 is 0 Å². The van der Waals surface area contributed by atoms with Gasteiger partial charge in [-0.25, -0.2) is 0 Å². The van der Waals surface area contributed by atoms with Crippen molar-refractivity contribution in [3.05, 3.63) is 23.3 Å². The van der Waals surface area contributed by atoms with Gasteiger partial charge in [-0.3, -0.25) is 0 Å². The minimum atomic E-state index is 0.170. The van der Waals surface area contributed by atoms with E-state index in [1.807, 2.05) is 0 Å². The first-order valence-corrected chi connectivity index (χ1v) is 3.81. The van der Waals surface area contributed by atoms with Gasteiger partial charge in [-0.1, -0.05) is 0 Å². The van der Waals surface area contributed by atoms with Crippen molar-refractivity contribution in [2.45, 2.75) is 19.3 Å². The van der Waals surface area contributed by atoms with Crippen molar-refractivity contribution < 1.29 is 10.2 Å². The van der Waals surface area contributed by atoms with Crippen molar-refractivity contribution in [3.8, 4) is 11.5 Å². The Morgan fingerprint density at radius 3 is 2.73 bits per heavy atom. The summed E-state index contributed by atoms with van der Waals surface area (Å²) in [6, 6.07) is 3.15. The quantitative estimate of drug-likeness (QED) is 0.589. The Morgan fingerprint density at radius 2 is 1.91 bits per heavy atom. The maximum absolute atomic E-state index is 9.35. The van der Waals surface area contributed by atoms with Crippen molar-refractivity contribution in [2.75, 3.05) is 0 Å². The molecule has 0 aromatic heterocycles. The van der Waals surface area contributed by atoms with E-state index in [1.54, 1.807) is 6.07 Å². The van der Waals surface area contributed by atoms with Crippen LogP contribution in [0.15, 0.2) is 12.1 Å². The van der Waals surface area contributed by atoms with Crippen LogP contribution in [0.5, 0.6) is 11.5 Å². The van der Waals surface area contributed by atoms with Crippen LogP contribution in [0.3, 0.4) is 0 Å². The molecule has 1 aromatic carbocycles. The van der Waals surface area contributed by atoms with Crippen molar-refractivity contribution in [1.82, 2.24) is 0 Å². The van der Waals surface area contributed by atoms with E-state index >= 15 is 0 Å². The summed E-state index contributed by atoms with van der Waals surface area (Å²) in [5.74, 6) is 0.417. The molecule has 11 heavy (non-hydrogen) atoms. The van der Waals surface area contributed by atoms with E-state index in [2.05, 4.69) is 0 Å². The third kappa shape index (κ3) is 0.946. The molecule has 0 amide bonds. The van der Waals surface area contributed by atoms with Crippen molar-refractivity contribution >= 4 is 0 Å². The molecule has 0 aliphatic heterocycles. The van der Waals surface area contributed by atoms with Crippen LogP contribution in [0, 0.1) is 0 Å². The number of hydrogen-bond donors (Lipinski definition) is 2. The molecule has 0 saturated carbocycles. The number of aromatic hydroxyl groups is 2. The number of fused-ring (bicyclic) bond motifs is 1. The Labute approximate surface area is 65.1 Å². The van der Waals surface area contributed by atoms with Crippen LogP contribution in [0.25, 0.3) is 0 Å². The fourth-order valence-electron chi connectivity index (χ4n) is 1.67. The van der Waals surface area contributed by atoms with Crippen LogP contribution in [0.4, 0.5) is 0 Å². The second-order valence-electron chi connectivity index (χ2n) is 2.96. The van der Waals surface area contributed by atoms with Gasteiger partial charge in [0, 0.05) is 6.07 Å². The Bertz CT molecular complexity index is 292. The highest BCUT2D eigenvalue weighted by molar-refractivity contribution is 5.47. The zero-order valence-corrected chi connectivity index (χ0v) is 6.17. The summed E-state index contributed by atoms with van der Waals surface area (Å²) in [5, 5.41) is 18.5. The predicted molar refractivity (Wildman–Crippen MR) is 41.8 cm³/mol. The van der Waals surface area contributed by atoms with Gasteiger partial charge in [0.25, 0.3) is 0 Å². The Morgan fingerprint density at radius 1 is 1.09 bits per heavy atom. The maximum atomic E-state index is 9.35. The highest BCUT2D eigenvalue weighted by Gasteiger charge is 2.15. The zero-order valence-electron chi connectivity index (χ0n) is 6.17. The molecular formula is C9H10O2. The molecule has 1 aliphatic rings.